The van der Waals surface area contributed by atoms with Crippen LogP contribution in [0.4, 0.5) is 5.69 Å². The molecule has 0 radical (unpaired) electrons. The SMILES string of the molecule is CCCCC(C(=O)OCC)C(=Nc1cccc(SC)c1)C(=O)OCC. The van der Waals surface area contributed by atoms with Crippen molar-refractivity contribution in [2.24, 2.45) is 10.9 Å². The summed E-state index contributed by atoms with van der Waals surface area (Å²) in [4.78, 5) is 30.4. The fourth-order valence-electron chi connectivity index (χ4n) is 2.31. The zero-order valence-corrected chi connectivity index (χ0v) is 16.2. The molecule has 0 fully saturated rings. The van der Waals surface area contributed by atoms with Gasteiger partial charge in [-0.1, -0.05) is 25.8 Å². The van der Waals surface area contributed by atoms with Crippen molar-refractivity contribution in [1.82, 2.24) is 0 Å². The van der Waals surface area contributed by atoms with E-state index in [0.29, 0.717) is 12.1 Å². The van der Waals surface area contributed by atoms with Crippen LogP contribution in [-0.4, -0.2) is 37.1 Å². The van der Waals surface area contributed by atoms with Crippen LogP contribution in [0.2, 0.25) is 0 Å². The average Bonchev–Trinajstić information content (AvgIpc) is 2.61. The summed E-state index contributed by atoms with van der Waals surface area (Å²) in [6.45, 7) is 6.00. The highest BCUT2D eigenvalue weighted by atomic mass is 32.2. The number of hydrogen-bond acceptors (Lipinski definition) is 6. The Hall–Kier alpha value is -1.82. The molecule has 1 unspecified atom stereocenters. The Morgan fingerprint density at radius 3 is 2.48 bits per heavy atom. The minimum absolute atomic E-state index is 0.118. The molecule has 1 rings (SSSR count). The van der Waals surface area contributed by atoms with E-state index in [1.807, 2.05) is 31.4 Å². The second-order valence-corrected chi connectivity index (χ2v) is 6.25. The molecule has 0 aliphatic rings. The van der Waals surface area contributed by atoms with Crippen LogP contribution in [0, 0.1) is 5.92 Å². The van der Waals surface area contributed by atoms with Crippen molar-refractivity contribution in [2.45, 2.75) is 44.9 Å². The molecule has 0 aliphatic carbocycles. The maximum atomic E-state index is 12.4. The van der Waals surface area contributed by atoms with Crippen molar-refractivity contribution in [3.63, 3.8) is 0 Å². The maximum Gasteiger partial charge on any atom is 0.353 e. The molecule has 0 aliphatic heterocycles. The lowest BCUT2D eigenvalue weighted by Gasteiger charge is -2.17. The van der Waals surface area contributed by atoms with E-state index in [-0.39, 0.29) is 18.9 Å². The number of esters is 2. The van der Waals surface area contributed by atoms with Gasteiger partial charge < -0.3 is 9.47 Å². The van der Waals surface area contributed by atoms with Gasteiger partial charge in [0.05, 0.1) is 18.9 Å². The predicted octanol–water partition coefficient (Wildman–Crippen LogP) is 4.41. The average molecular weight is 365 g/mol. The molecule has 0 amide bonds. The summed E-state index contributed by atoms with van der Waals surface area (Å²) >= 11 is 1.59. The zero-order valence-electron chi connectivity index (χ0n) is 15.4. The van der Waals surface area contributed by atoms with Gasteiger partial charge in [-0.15, -0.1) is 11.8 Å². The molecule has 0 aromatic heterocycles. The topological polar surface area (TPSA) is 65.0 Å². The molecular weight excluding hydrogens is 338 g/mol. The van der Waals surface area contributed by atoms with Crippen LogP contribution in [0.15, 0.2) is 34.2 Å². The summed E-state index contributed by atoms with van der Waals surface area (Å²) in [6, 6.07) is 7.53. The largest absolute Gasteiger partial charge is 0.465 e. The molecule has 0 spiro atoms. The summed E-state index contributed by atoms with van der Waals surface area (Å²) in [5.74, 6) is -1.70. The molecular formula is C19H27NO4S. The molecule has 1 atom stereocenters. The van der Waals surface area contributed by atoms with Crippen LogP contribution in [0.25, 0.3) is 0 Å². The van der Waals surface area contributed by atoms with E-state index in [1.165, 1.54) is 0 Å². The van der Waals surface area contributed by atoms with Crippen LogP contribution in [0.1, 0.15) is 40.0 Å². The number of aliphatic imine (C=N–C) groups is 1. The molecule has 5 nitrogen and oxygen atoms in total. The van der Waals surface area contributed by atoms with E-state index in [1.54, 1.807) is 31.7 Å². The Labute approximate surface area is 154 Å². The van der Waals surface area contributed by atoms with Gasteiger partial charge in [-0.3, -0.25) is 4.79 Å². The molecule has 0 saturated carbocycles. The molecule has 0 saturated heterocycles. The first-order chi connectivity index (χ1) is 12.1. The van der Waals surface area contributed by atoms with Crippen LogP contribution >= 0.6 is 11.8 Å². The number of rotatable bonds is 10. The normalized spacial score (nSPS) is 12.6. The fraction of sp³-hybridized carbons (Fsp3) is 0.526. The number of nitrogens with zero attached hydrogens (tertiary/aromatic N) is 1. The van der Waals surface area contributed by atoms with Gasteiger partial charge in [-0.25, -0.2) is 9.79 Å². The molecule has 138 valence electrons. The minimum atomic E-state index is -0.711. The first-order valence-corrected chi connectivity index (χ1v) is 9.86. The van der Waals surface area contributed by atoms with E-state index in [0.717, 1.165) is 17.7 Å². The molecule has 0 N–H and O–H groups in total. The zero-order chi connectivity index (χ0) is 18.7. The van der Waals surface area contributed by atoms with Gasteiger partial charge in [0, 0.05) is 4.90 Å². The van der Waals surface area contributed by atoms with Crippen LogP contribution in [-0.2, 0) is 19.1 Å². The second-order valence-electron chi connectivity index (χ2n) is 5.37. The lowest BCUT2D eigenvalue weighted by atomic mass is 9.96. The summed E-state index contributed by atoms with van der Waals surface area (Å²) in [7, 11) is 0. The Balaban J connectivity index is 3.28. The summed E-state index contributed by atoms with van der Waals surface area (Å²) in [5, 5.41) is 0. The van der Waals surface area contributed by atoms with Crippen LogP contribution in [0.3, 0.4) is 0 Å². The highest BCUT2D eigenvalue weighted by molar-refractivity contribution is 7.98. The smallest absolute Gasteiger partial charge is 0.353 e. The van der Waals surface area contributed by atoms with Gasteiger partial charge in [0.2, 0.25) is 0 Å². The van der Waals surface area contributed by atoms with Crippen molar-refractivity contribution >= 4 is 35.1 Å². The van der Waals surface area contributed by atoms with Crippen LogP contribution < -0.4 is 0 Å². The molecule has 0 heterocycles. The number of thioether (sulfide) groups is 1. The lowest BCUT2D eigenvalue weighted by Crippen LogP contribution is -2.33. The first-order valence-electron chi connectivity index (χ1n) is 8.63. The van der Waals surface area contributed by atoms with E-state index in [2.05, 4.69) is 4.99 Å². The Morgan fingerprint density at radius 1 is 1.16 bits per heavy atom. The third-order valence-electron chi connectivity index (χ3n) is 3.53. The fourth-order valence-corrected chi connectivity index (χ4v) is 2.76. The predicted molar refractivity (Wildman–Crippen MR) is 102 cm³/mol. The van der Waals surface area contributed by atoms with Gasteiger partial charge >= 0.3 is 11.9 Å². The monoisotopic (exact) mass is 365 g/mol. The summed E-state index contributed by atoms with van der Waals surface area (Å²) in [5.41, 5.74) is 0.743. The number of hydrogen-bond donors (Lipinski definition) is 0. The highest BCUT2D eigenvalue weighted by Crippen LogP contribution is 2.24. The van der Waals surface area contributed by atoms with E-state index in [9.17, 15) is 9.59 Å². The van der Waals surface area contributed by atoms with E-state index < -0.39 is 17.9 Å². The van der Waals surface area contributed by atoms with Crippen molar-refractivity contribution < 1.29 is 19.1 Å². The Kier molecular flexibility index (Phi) is 9.92. The van der Waals surface area contributed by atoms with Crippen LogP contribution in [0.5, 0.6) is 0 Å². The number of carbonyl (C=O) groups is 2. The lowest BCUT2D eigenvalue weighted by molar-refractivity contribution is -0.147. The van der Waals surface area contributed by atoms with Gasteiger partial charge in [-0.2, -0.15) is 0 Å². The standard InChI is InChI=1S/C19H27NO4S/c1-5-8-12-16(18(21)23-6-2)17(19(22)24-7-3)20-14-10-9-11-15(13-14)25-4/h9-11,13,16H,5-8,12H2,1-4H3. The second kappa shape index (κ2) is 11.7. The van der Waals surface area contributed by atoms with Gasteiger partial charge in [0.15, 0.2) is 0 Å². The maximum absolute atomic E-state index is 12.4. The molecule has 6 heteroatoms. The first kappa shape index (κ1) is 21.2. The summed E-state index contributed by atoms with van der Waals surface area (Å²) < 4.78 is 10.3. The van der Waals surface area contributed by atoms with Gasteiger partial charge in [0.25, 0.3) is 0 Å². The number of unbranched alkanes of at least 4 members (excludes halogenated alkanes) is 1. The van der Waals surface area contributed by atoms with Crippen molar-refractivity contribution in [2.75, 3.05) is 19.5 Å². The molecule has 0 bridgehead atoms. The molecule has 1 aromatic rings. The third kappa shape index (κ3) is 6.90. The van der Waals surface area contributed by atoms with Gasteiger partial charge in [0.1, 0.15) is 11.6 Å². The number of carbonyl (C=O) groups excluding carboxylic acids is 2. The molecule has 25 heavy (non-hydrogen) atoms. The Bertz CT molecular complexity index is 601. The van der Waals surface area contributed by atoms with Gasteiger partial charge in [-0.05, 0) is 44.7 Å². The summed E-state index contributed by atoms with van der Waals surface area (Å²) in [6.07, 6.45) is 4.19. The number of ether oxygens (including phenoxy) is 2. The van der Waals surface area contributed by atoms with Crippen molar-refractivity contribution in [3.8, 4) is 0 Å². The van der Waals surface area contributed by atoms with E-state index in [4.69, 9.17) is 9.47 Å². The minimum Gasteiger partial charge on any atom is -0.465 e. The van der Waals surface area contributed by atoms with E-state index >= 15 is 0 Å². The quantitative estimate of drug-likeness (QED) is 0.349. The number of benzene rings is 1. The van der Waals surface area contributed by atoms with Crippen molar-refractivity contribution in [3.05, 3.63) is 24.3 Å². The van der Waals surface area contributed by atoms with Crippen molar-refractivity contribution in [1.29, 1.82) is 0 Å². The molecule has 1 aromatic carbocycles. The highest BCUT2D eigenvalue weighted by Gasteiger charge is 2.31. The third-order valence-corrected chi connectivity index (χ3v) is 4.26. The Morgan fingerprint density at radius 2 is 1.88 bits per heavy atom.